The molecule has 0 N–H and O–H groups in total. The van der Waals surface area contributed by atoms with E-state index in [1.54, 1.807) is 6.20 Å². The number of aromatic nitrogens is 1. The molecule has 3 heteroatoms. The van der Waals surface area contributed by atoms with Gasteiger partial charge < -0.3 is 4.74 Å². The molecule has 3 nitrogen and oxygen atoms in total. The largest absolute Gasteiger partial charge is 0.458 e. The number of carbonyl (C=O) groups is 1. The van der Waals surface area contributed by atoms with Gasteiger partial charge in [0.05, 0.1) is 5.69 Å². The average molecular weight is 177 g/mol. The van der Waals surface area contributed by atoms with Crippen molar-refractivity contribution < 1.29 is 9.53 Å². The van der Waals surface area contributed by atoms with Crippen LogP contribution < -0.4 is 0 Å². The van der Waals surface area contributed by atoms with Gasteiger partial charge in [-0.2, -0.15) is 0 Å². The van der Waals surface area contributed by atoms with Gasteiger partial charge in [-0.1, -0.05) is 6.07 Å². The first-order chi connectivity index (χ1) is 6.42. The van der Waals surface area contributed by atoms with Crippen LogP contribution >= 0.6 is 0 Å². The summed E-state index contributed by atoms with van der Waals surface area (Å²) in [6.45, 7) is 0.512. The summed E-state index contributed by atoms with van der Waals surface area (Å²) in [7, 11) is 0. The number of ether oxygens (including phenoxy) is 1. The second-order valence-electron chi connectivity index (χ2n) is 3.24. The Labute approximate surface area is 76.7 Å². The zero-order valence-corrected chi connectivity index (χ0v) is 7.22. The quantitative estimate of drug-likeness (QED) is 0.657. The Kier molecular flexibility index (Phi) is 2.25. The normalized spacial score (nSPS) is 17.8. The first kappa shape index (κ1) is 8.23. The average Bonchev–Trinajstić information content (AvgIpc) is 2.99. The zero-order valence-electron chi connectivity index (χ0n) is 7.22. The summed E-state index contributed by atoms with van der Waals surface area (Å²) in [6.07, 6.45) is 3.86. The van der Waals surface area contributed by atoms with Gasteiger partial charge in [0.1, 0.15) is 6.10 Å². The third-order valence-corrected chi connectivity index (χ3v) is 2.23. The van der Waals surface area contributed by atoms with Gasteiger partial charge in [-0.3, -0.25) is 9.78 Å². The topological polar surface area (TPSA) is 39.2 Å². The number of rotatable bonds is 4. The summed E-state index contributed by atoms with van der Waals surface area (Å²) in [5.41, 5.74) is 0.858. The molecule has 1 aliphatic rings. The molecule has 0 aliphatic heterocycles. The number of hydrogen-bond acceptors (Lipinski definition) is 3. The van der Waals surface area contributed by atoms with Crippen LogP contribution in [0.3, 0.4) is 0 Å². The van der Waals surface area contributed by atoms with Gasteiger partial charge in [-0.05, 0) is 25.0 Å². The maximum Gasteiger partial charge on any atom is 0.293 e. The predicted octanol–water partition coefficient (Wildman–Crippen LogP) is 1.71. The van der Waals surface area contributed by atoms with Crippen molar-refractivity contribution in [2.45, 2.75) is 18.9 Å². The van der Waals surface area contributed by atoms with Crippen LogP contribution in [0.25, 0.3) is 0 Å². The number of nitrogens with zero attached hydrogens (tertiary/aromatic N) is 1. The van der Waals surface area contributed by atoms with Crippen molar-refractivity contribution in [3.8, 4) is 0 Å². The van der Waals surface area contributed by atoms with Crippen LogP contribution in [0.5, 0.6) is 0 Å². The highest BCUT2D eigenvalue weighted by Gasteiger charge is 2.34. The molecular weight excluding hydrogens is 166 g/mol. The molecule has 1 unspecified atom stereocenters. The molecule has 13 heavy (non-hydrogen) atoms. The molecule has 0 aromatic carbocycles. The van der Waals surface area contributed by atoms with Gasteiger partial charge in [0.25, 0.3) is 6.47 Å². The SMILES string of the molecule is O=COC(c1ccccn1)C1CC1. The minimum absolute atomic E-state index is 0.126. The molecule has 68 valence electrons. The first-order valence-corrected chi connectivity index (χ1v) is 4.42. The maximum atomic E-state index is 10.3. The van der Waals surface area contributed by atoms with Crippen molar-refractivity contribution in [2.24, 2.45) is 5.92 Å². The fraction of sp³-hybridized carbons (Fsp3) is 0.400. The van der Waals surface area contributed by atoms with Crippen LogP contribution in [0.2, 0.25) is 0 Å². The molecule has 0 saturated heterocycles. The van der Waals surface area contributed by atoms with Crippen molar-refractivity contribution >= 4 is 6.47 Å². The molecule has 1 atom stereocenters. The summed E-state index contributed by atoms with van der Waals surface area (Å²) < 4.78 is 5.01. The summed E-state index contributed by atoms with van der Waals surface area (Å²) in [4.78, 5) is 14.4. The Morgan fingerprint density at radius 3 is 2.92 bits per heavy atom. The van der Waals surface area contributed by atoms with Crippen LogP contribution in [0.4, 0.5) is 0 Å². The van der Waals surface area contributed by atoms with Crippen LogP contribution in [-0.4, -0.2) is 11.5 Å². The summed E-state index contributed by atoms with van der Waals surface area (Å²) in [5, 5.41) is 0. The van der Waals surface area contributed by atoms with Crippen molar-refractivity contribution in [1.82, 2.24) is 4.98 Å². The highest BCUT2D eigenvalue weighted by Crippen LogP contribution is 2.42. The van der Waals surface area contributed by atoms with Crippen LogP contribution in [0.15, 0.2) is 24.4 Å². The molecule has 1 fully saturated rings. The van der Waals surface area contributed by atoms with E-state index in [0.717, 1.165) is 18.5 Å². The zero-order chi connectivity index (χ0) is 9.10. The minimum atomic E-state index is -0.126. The molecule has 1 aromatic rings. The van der Waals surface area contributed by atoms with E-state index in [4.69, 9.17) is 4.74 Å². The highest BCUT2D eigenvalue weighted by molar-refractivity contribution is 5.38. The molecule has 1 aromatic heterocycles. The van der Waals surface area contributed by atoms with Crippen LogP contribution in [0, 0.1) is 5.92 Å². The minimum Gasteiger partial charge on any atom is -0.458 e. The van der Waals surface area contributed by atoms with E-state index < -0.39 is 0 Å². The van der Waals surface area contributed by atoms with Gasteiger partial charge in [-0.15, -0.1) is 0 Å². The van der Waals surface area contributed by atoms with Crippen LogP contribution in [-0.2, 0) is 9.53 Å². The molecule has 0 radical (unpaired) electrons. The molecule has 0 spiro atoms. The third kappa shape index (κ3) is 1.86. The molecular formula is C10H11NO2. The van der Waals surface area contributed by atoms with Crippen molar-refractivity contribution in [3.63, 3.8) is 0 Å². The second-order valence-corrected chi connectivity index (χ2v) is 3.24. The smallest absolute Gasteiger partial charge is 0.293 e. The van der Waals surface area contributed by atoms with E-state index in [1.807, 2.05) is 18.2 Å². The van der Waals surface area contributed by atoms with Gasteiger partial charge in [0.15, 0.2) is 0 Å². The summed E-state index contributed by atoms with van der Waals surface area (Å²) in [6, 6.07) is 5.66. The molecule has 2 rings (SSSR count). The fourth-order valence-corrected chi connectivity index (χ4v) is 1.43. The molecule has 0 bridgehead atoms. The molecule has 0 amide bonds. The Morgan fingerprint density at radius 2 is 2.38 bits per heavy atom. The van der Waals surface area contributed by atoms with Gasteiger partial charge in [0, 0.05) is 12.1 Å². The van der Waals surface area contributed by atoms with Crippen molar-refractivity contribution in [3.05, 3.63) is 30.1 Å². The van der Waals surface area contributed by atoms with E-state index in [2.05, 4.69) is 4.98 Å². The van der Waals surface area contributed by atoms with Crippen molar-refractivity contribution in [2.75, 3.05) is 0 Å². The Morgan fingerprint density at radius 1 is 1.54 bits per heavy atom. The third-order valence-electron chi connectivity index (χ3n) is 2.23. The molecule has 1 aliphatic carbocycles. The van der Waals surface area contributed by atoms with Gasteiger partial charge >= 0.3 is 0 Å². The standard InChI is InChI=1S/C10H11NO2/c12-7-13-10(8-4-5-8)9-3-1-2-6-11-9/h1-3,6-8,10H,4-5H2. The lowest BCUT2D eigenvalue weighted by atomic mass is 10.1. The van der Waals surface area contributed by atoms with E-state index in [-0.39, 0.29) is 6.10 Å². The molecule has 1 heterocycles. The van der Waals surface area contributed by atoms with E-state index >= 15 is 0 Å². The van der Waals surface area contributed by atoms with Gasteiger partial charge in [0.2, 0.25) is 0 Å². The van der Waals surface area contributed by atoms with Crippen LogP contribution in [0.1, 0.15) is 24.6 Å². The Hall–Kier alpha value is -1.38. The number of pyridine rings is 1. The lowest BCUT2D eigenvalue weighted by Gasteiger charge is -2.12. The second kappa shape index (κ2) is 3.56. The highest BCUT2D eigenvalue weighted by atomic mass is 16.5. The van der Waals surface area contributed by atoms with E-state index in [1.165, 1.54) is 0 Å². The predicted molar refractivity (Wildman–Crippen MR) is 46.9 cm³/mol. The van der Waals surface area contributed by atoms with Gasteiger partial charge in [-0.25, -0.2) is 0 Å². The fourth-order valence-electron chi connectivity index (χ4n) is 1.43. The lowest BCUT2D eigenvalue weighted by molar-refractivity contribution is -0.135. The number of hydrogen-bond donors (Lipinski definition) is 0. The summed E-state index contributed by atoms with van der Waals surface area (Å²) in [5.74, 6) is 0.486. The monoisotopic (exact) mass is 177 g/mol. The molecule has 1 saturated carbocycles. The Bertz CT molecular complexity index is 282. The van der Waals surface area contributed by atoms with E-state index in [0.29, 0.717) is 12.4 Å². The summed E-state index contributed by atoms with van der Waals surface area (Å²) >= 11 is 0. The lowest BCUT2D eigenvalue weighted by Crippen LogP contribution is -2.07. The van der Waals surface area contributed by atoms with E-state index in [9.17, 15) is 4.79 Å². The first-order valence-electron chi connectivity index (χ1n) is 4.42. The number of carbonyl (C=O) groups excluding carboxylic acids is 1. The maximum absolute atomic E-state index is 10.3. The van der Waals surface area contributed by atoms with Crippen molar-refractivity contribution in [1.29, 1.82) is 0 Å². The Balaban J connectivity index is 2.14.